The lowest BCUT2D eigenvalue weighted by Crippen LogP contribution is -2.60. The summed E-state index contributed by atoms with van der Waals surface area (Å²) < 4.78 is 11.2. The zero-order valence-electron chi connectivity index (χ0n) is 50.0. The van der Waals surface area contributed by atoms with E-state index in [9.17, 15) is 40.5 Å². The molecule has 454 valence electrons. The lowest BCUT2D eigenvalue weighted by Gasteiger charge is -2.40. The third kappa shape index (κ3) is 42.0. The van der Waals surface area contributed by atoms with Crippen molar-refractivity contribution in [2.24, 2.45) is 0 Å². The van der Waals surface area contributed by atoms with Crippen LogP contribution in [-0.2, 0) is 14.3 Å². The number of ether oxygens (including phenoxy) is 2. The summed E-state index contributed by atoms with van der Waals surface area (Å²) in [7, 11) is 0. The molecule has 9 unspecified atom stereocenters. The van der Waals surface area contributed by atoms with Gasteiger partial charge in [0.05, 0.1) is 25.4 Å². The molecule has 1 heterocycles. The van der Waals surface area contributed by atoms with Crippen LogP contribution in [0.15, 0.2) is 0 Å². The minimum Gasteiger partial charge on any atom is -0.394 e. The van der Waals surface area contributed by atoms with E-state index in [1.54, 1.807) is 0 Å². The van der Waals surface area contributed by atoms with E-state index < -0.39 is 74.2 Å². The van der Waals surface area contributed by atoms with E-state index in [4.69, 9.17) is 9.47 Å². The van der Waals surface area contributed by atoms with E-state index in [2.05, 4.69) is 19.2 Å². The summed E-state index contributed by atoms with van der Waals surface area (Å²) in [6.45, 7) is 3.51. The Kier molecular flexibility index (Phi) is 52.6. The average Bonchev–Trinajstić information content (AvgIpc) is 3.42. The highest BCUT2D eigenvalue weighted by molar-refractivity contribution is 5.80. The van der Waals surface area contributed by atoms with E-state index in [1.165, 1.54) is 263 Å². The first kappa shape index (κ1) is 73.1. The molecular weight excluding hydrogens is 955 g/mol. The van der Waals surface area contributed by atoms with Gasteiger partial charge >= 0.3 is 0 Å². The number of hydrogen-bond acceptors (Lipinski definition) is 10. The zero-order valence-corrected chi connectivity index (χ0v) is 50.0. The van der Waals surface area contributed by atoms with Crippen molar-refractivity contribution in [3.05, 3.63) is 0 Å². The van der Waals surface area contributed by atoms with Crippen molar-refractivity contribution in [1.29, 1.82) is 0 Å². The van der Waals surface area contributed by atoms with Crippen molar-refractivity contribution in [2.45, 2.75) is 396 Å². The SMILES string of the molecule is CCCCCCCCCCCCCCCCCCCCCCCCCCCCCCCCCC(O)C(O)C(COC1OC(CO)C(O)C(O)C1O)NC(=O)C(O)CCCCCCCCCCCCCCCCCCCC. The van der Waals surface area contributed by atoms with Crippen LogP contribution in [0.3, 0.4) is 0 Å². The van der Waals surface area contributed by atoms with Gasteiger partial charge in [-0.25, -0.2) is 0 Å². The molecule has 8 N–H and O–H groups in total. The molecule has 0 aromatic rings. The number of amides is 1. The van der Waals surface area contributed by atoms with Crippen LogP contribution in [0.4, 0.5) is 0 Å². The maximum Gasteiger partial charge on any atom is 0.249 e. The second-order valence-electron chi connectivity index (χ2n) is 23.9. The summed E-state index contributed by atoms with van der Waals surface area (Å²) in [5.41, 5.74) is 0. The minimum absolute atomic E-state index is 0.267. The van der Waals surface area contributed by atoms with E-state index in [-0.39, 0.29) is 6.42 Å². The number of carbonyl (C=O) groups excluding carboxylic acids is 1. The van der Waals surface area contributed by atoms with Crippen LogP contribution in [0.25, 0.3) is 0 Å². The van der Waals surface area contributed by atoms with E-state index >= 15 is 0 Å². The Bertz CT molecular complexity index is 1200. The van der Waals surface area contributed by atoms with Gasteiger partial charge in [0.1, 0.15) is 36.6 Å². The third-order valence-electron chi connectivity index (χ3n) is 16.7. The first-order valence-electron chi connectivity index (χ1n) is 33.4. The lowest BCUT2D eigenvalue weighted by atomic mass is 9.98. The van der Waals surface area contributed by atoms with Crippen LogP contribution >= 0.6 is 0 Å². The molecule has 1 aliphatic heterocycles. The van der Waals surface area contributed by atoms with Gasteiger partial charge in [-0.2, -0.15) is 0 Å². The Labute approximate surface area is 469 Å². The van der Waals surface area contributed by atoms with Crippen LogP contribution in [0, 0.1) is 0 Å². The predicted octanol–water partition coefficient (Wildman–Crippen LogP) is 15.3. The molecule has 9 atom stereocenters. The molecule has 76 heavy (non-hydrogen) atoms. The molecule has 1 rings (SSSR count). The van der Waals surface area contributed by atoms with Gasteiger partial charge in [0.2, 0.25) is 5.91 Å². The first-order chi connectivity index (χ1) is 37.2. The first-order valence-corrected chi connectivity index (χ1v) is 33.4. The number of hydrogen-bond donors (Lipinski definition) is 8. The minimum atomic E-state index is -1.66. The molecule has 0 aromatic heterocycles. The van der Waals surface area contributed by atoms with Crippen LogP contribution in [0.2, 0.25) is 0 Å². The molecule has 0 saturated carbocycles. The molecule has 11 heteroatoms. The van der Waals surface area contributed by atoms with Crippen molar-refractivity contribution in [2.75, 3.05) is 13.2 Å². The maximum atomic E-state index is 13.2. The monoisotopic (exact) mass is 1080 g/mol. The number of rotatable bonds is 59. The van der Waals surface area contributed by atoms with Gasteiger partial charge in [0.25, 0.3) is 0 Å². The number of nitrogens with one attached hydrogen (secondary N) is 1. The second kappa shape index (κ2) is 54.7. The molecule has 11 nitrogen and oxygen atoms in total. The molecular formula is C65H129NO10. The highest BCUT2D eigenvalue weighted by Crippen LogP contribution is 2.24. The highest BCUT2D eigenvalue weighted by Gasteiger charge is 2.44. The summed E-state index contributed by atoms with van der Waals surface area (Å²) >= 11 is 0. The summed E-state index contributed by atoms with van der Waals surface area (Å²) in [6, 6.07) is -1.16. The van der Waals surface area contributed by atoms with Gasteiger partial charge < -0.3 is 50.5 Å². The van der Waals surface area contributed by atoms with Crippen molar-refractivity contribution in [3.63, 3.8) is 0 Å². The van der Waals surface area contributed by atoms with Gasteiger partial charge in [-0.1, -0.05) is 328 Å². The summed E-state index contributed by atoms with van der Waals surface area (Å²) in [4.78, 5) is 13.2. The molecule has 0 aliphatic carbocycles. The lowest BCUT2D eigenvalue weighted by molar-refractivity contribution is -0.303. The fourth-order valence-electron chi connectivity index (χ4n) is 11.3. The zero-order chi connectivity index (χ0) is 55.4. The molecule has 0 radical (unpaired) electrons. The van der Waals surface area contributed by atoms with E-state index in [0.717, 1.165) is 38.5 Å². The Morgan fingerprint density at radius 2 is 0.684 bits per heavy atom. The predicted molar refractivity (Wildman–Crippen MR) is 316 cm³/mol. The molecule has 1 amide bonds. The number of aliphatic hydroxyl groups is 7. The summed E-state index contributed by atoms with van der Waals surface area (Å²) in [6.07, 6.45) is 53.2. The Hall–Kier alpha value is -0.890. The fourth-order valence-corrected chi connectivity index (χ4v) is 11.3. The standard InChI is InChI=1S/C65H129NO10/c1-3-5-7-9-11-13-15-17-19-21-23-24-25-26-27-28-29-30-31-32-33-34-35-37-38-40-42-44-46-48-50-52-57(68)60(70)56(55-75-65-63(73)62(72)61(71)59(54-67)76-65)66-64(74)58(69)53-51-49-47-45-43-41-39-36-22-20-18-16-14-12-10-8-6-4-2/h56-63,65,67-73H,3-55H2,1-2H3,(H,66,74). The Balaban J connectivity index is 2.18. The van der Waals surface area contributed by atoms with Crippen LogP contribution in [-0.4, -0.2) is 110 Å². The second-order valence-corrected chi connectivity index (χ2v) is 23.9. The molecule has 1 fully saturated rings. The Morgan fingerprint density at radius 1 is 0.408 bits per heavy atom. The van der Waals surface area contributed by atoms with Crippen LogP contribution < -0.4 is 5.32 Å². The average molecular weight is 1080 g/mol. The number of unbranched alkanes of at least 4 members (excludes halogenated alkanes) is 47. The largest absolute Gasteiger partial charge is 0.394 e. The van der Waals surface area contributed by atoms with Gasteiger partial charge in [0.15, 0.2) is 6.29 Å². The van der Waals surface area contributed by atoms with Gasteiger partial charge in [-0.15, -0.1) is 0 Å². The van der Waals surface area contributed by atoms with Crippen molar-refractivity contribution >= 4 is 5.91 Å². The maximum absolute atomic E-state index is 13.2. The van der Waals surface area contributed by atoms with Crippen molar-refractivity contribution < 1.29 is 50.0 Å². The van der Waals surface area contributed by atoms with E-state index in [1.807, 2.05) is 0 Å². The van der Waals surface area contributed by atoms with Gasteiger partial charge in [-0.05, 0) is 12.8 Å². The molecule has 0 aromatic carbocycles. The Morgan fingerprint density at radius 3 is 0.974 bits per heavy atom. The summed E-state index contributed by atoms with van der Waals surface area (Å²) in [5, 5.41) is 76.4. The highest BCUT2D eigenvalue weighted by atomic mass is 16.7. The quantitative estimate of drug-likeness (QED) is 0.0272. The third-order valence-corrected chi connectivity index (χ3v) is 16.7. The number of aliphatic hydroxyl groups excluding tert-OH is 7. The fraction of sp³-hybridized carbons (Fsp3) is 0.985. The molecule has 1 saturated heterocycles. The van der Waals surface area contributed by atoms with Crippen molar-refractivity contribution in [1.82, 2.24) is 5.32 Å². The molecule has 0 spiro atoms. The normalized spacial score (nSPS) is 19.5. The molecule has 1 aliphatic rings. The van der Waals surface area contributed by atoms with E-state index in [0.29, 0.717) is 19.3 Å². The smallest absolute Gasteiger partial charge is 0.249 e. The number of carbonyl (C=O) groups is 1. The van der Waals surface area contributed by atoms with Gasteiger partial charge in [0, 0.05) is 0 Å². The van der Waals surface area contributed by atoms with Crippen LogP contribution in [0.1, 0.15) is 341 Å². The molecule has 0 bridgehead atoms. The van der Waals surface area contributed by atoms with Gasteiger partial charge in [-0.3, -0.25) is 4.79 Å². The summed E-state index contributed by atoms with van der Waals surface area (Å²) in [5.74, 6) is -0.688. The van der Waals surface area contributed by atoms with Crippen LogP contribution in [0.5, 0.6) is 0 Å². The van der Waals surface area contributed by atoms with Crippen molar-refractivity contribution in [3.8, 4) is 0 Å². The topological polar surface area (TPSA) is 189 Å².